The molecular formula is C56H36N5OPtTe-3. The van der Waals surface area contributed by atoms with Gasteiger partial charge in [-0.25, -0.2) is 0 Å². The molecule has 64 heavy (non-hydrogen) atoms. The Hall–Kier alpha value is -6.87. The number of hydrogen-bond donors (Lipinski definition) is 0. The second-order valence-electron chi connectivity index (χ2n) is 15.3. The van der Waals surface area contributed by atoms with Crippen LogP contribution in [0.5, 0.6) is 11.5 Å². The van der Waals surface area contributed by atoms with E-state index in [4.69, 9.17) is 9.72 Å². The molecule has 2 aliphatic heterocycles. The fourth-order valence-electron chi connectivity index (χ4n) is 8.66. The Bertz CT molecular complexity index is 3250. The van der Waals surface area contributed by atoms with Crippen molar-refractivity contribution < 1.29 is 25.8 Å². The zero-order valence-corrected chi connectivity index (χ0v) is 38.8. The molecule has 0 radical (unpaired) electrons. The Balaban J connectivity index is 0.00000456. The van der Waals surface area contributed by atoms with Gasteiger partial charge in [-0.3, -0.25) is 0 Å². The molecule has 0 spiro atoms. The van der Waals surface area contributed by atoms with Crippen LogP contribution in [0.2, 0.25) is 0 Å². The van der Waals surface area contributed by atoms with E-state index in [-0.39, 0.29) is 21.1 Å². The normalized spacial score (nSPS) is 12.7. The summed E-state index contributed by atoms with van der Waals surface area (Å²) in [4.78, 5) is 12.2. The minimum absolute atomic E-state index is 0. The van der Waals surface area contributed by atoms with Crippen molar-refractivity contribution >= 4 is 79.3 Å². The van der Waals surface area contributed by atoms with E-state index in [1.807, 2.05) is 24.3 Å². The van der Waals surface area contributed by atoms with Gasteiger partial charge in [-0.15, -0.1) is 0 Å². The van der Waals surface area contributed by atoms with Crippen LogP contribution in [0.25, 0.3) is 39.0 Å². The van der Waals surface area contributed by atoms with E-state index in [1.54, 1.807) is 0 Å². The van der Waals surface area contributed by atoms with Crippen LogP contribution in [-0.4, -0.2) is 30.5 Å². The van der Waals surface area contributed by atoms with Gasteiger partial charge in [0.05, 0.1) is 0 Å². The van der Waals surface area contributed by atoms with Crippen LogP contribution in [0, 0.1) is 18.8 Å². The quantitative estimate of drug-likeness (QED) is 0.112. The molecule has 6 nitrogen and oxygen atoms in total. The topological polar surface area (TPSA) is 36.8 Å². The average Bonchev–Trinajstić information content (AvgIpc) is 3.93. The van der Waals surface area contributed by atoms with Crippen molar-refractivity contribution in [1.29, 1.82) is 0 Å². The van der Waals surface area contributed by atoms with Gasteiger partial charge in [0.2, 0.25) is 0 Å². The molecule has 0 aliphatic carbocycles. The van der Waals surface area contributed by atoms with Gasteiger partial charge >= 0.3 is 342 Å². The molecule has 3 heterocycles. The van der Waals surface area contributed by atoms with Crippen LogP contribution in [0.1, 0.15) is 0 Å². The Morgan fingerprint density at radius 1 is 0.484 bits per heavy atom. The number of aromatic nitrogens is 2. The van der Waals surface area contributed by atoms with E-state index < -0.39 is 20.9 Å². The molecule has 2 aliphatic rings. The molecule has 1 aromatic heterocycles. The molecule has 10 aromatic rings. The first kappa shape index (κ1) is 39.9. The second-order valence-corrected chi connectivity index (χ2v) is 18.4. The first-order valence-corrected chi connectivity index (χ1v) is 23.2. The van der Waals surface area contributed by atoms with E-state index in [0.29, 0.717) is 11.5 Å². The van der Waals surface area contributed by atoms with Crippen molar-refractivity contribution in [2.75, 3.05) is 14.7 Å². The molecular weight excluding hydrogens is 1080 g/mol. The summed E-state index contributed by atoms with van der Waals surface area (Å²) in [5.74, 6) is 1.99. The summed E-state index contributed by atoms with van der Waals surface area (Å²) in [7, 11) is 0. The molecule has 310 valence electrons. The number of nitrogens with zero attached hydrogens (tertiary/aromatic N) is 5. The Kier molecular flexibility index (Phi) is 10.6. The summed E-state index contributed by atoms with van der Waals surface area (Å²) in [6.45, 7) is 2.12. The summed E-state index contributed by atoms with van der Waals surface area (Å²) < 4.78 is 11.7. The van der Waals surface area contributed by atoms with Crippen LogP contribution >= 0.6 is 0 Å². The molecule has 0 saturated carbocycles. The van der Waals surface area contributed by atoms with Gasteiger partial charge in [-0.2, -0.15) is 0 Å². The first-order chi connectivity index (χ1) is 31.2. The Labute approximate surface area is 397 Å². The van der Waals surface area contributed by atoms with E-state index in [2.05, 4.69) is 226 Å². The predicted octanol–water partition coefficient (Wildman–Crippen LogP) is 12.6. The van der Waals surface area contributed by atoms with Crippen LogP contribution in [0.3, 0.4) is 0 Å². The van der Waals surface area contributed by atoms with Gasteiger partial charge < -0.3 is 0 Å². The van der Waals surface area contributed by atoms with E-state index in [0.717, 1.165) is 79.0 Å². The molecule has 0 unspecified atom stereocenters. The summed E-state index contributed by atoms with van der Waals surface area (Å²) in [6, 6.07) is 81.6. The average molecular weight is 1120 g/mol. The third-order valence-electron chi connectivity index (χ3n) is 11.5. The summed E-state index contributed by atoms with van der Waals surface area (Å²) >= 11 is -0.777. The molecule has 0 atom stereocenters. The van der Waals surface area contributed by atoms with Crippen molar-refractivity contribution in [3.8, 4) is 39.4 Å². The van der Waals surface area contributed by atoms with Crippen LogP contribution in [-0.2, 0) is 21.1 Å². The first-order valence-electron chi connectivity index (χ1n) is 20.9. The Morgan fingerprint density at radius 3 is 1.81 bits per heavy atom. The predicted molar refractivity (Wildman–Crippen MR) is 257 cm³/mol. The Morgan fingerprint density at radius 2 is 1.08 bits per heavy atom. The molecule has 0 saturated heterocycles. The standard InChI is InChI=1S/C56H36N5OTe.Pt/c1-4-18-39(19-5-1)45-26-17-27-46(40-20-6-2-7-21-40)55(45)61-48-29-11-10-28-47(48)57-56(61)60-51-32-14-15-33-53(51)63-54-35-34-44(37-52(54)60)62-43-25-16-24-42(36-43)59-38-58(41-22-8-3-9-23-41)49-30-12-13-31-50(49)59;/h1-35,38H;/q-3;. The molecule has 0 amide bonds. The summed E-state index contributed by atoms with van der Waals surface area (Å²) in [5.41, 5.74) is 13.6. The third-order valence-corrected chi connectivity index (χ3v) is 14.7. The van der Waals surface area contributed by atoms with E-state index in [9.17, 15) is 0 Å². The fraction of sp³-hybridized carbons (Fsp3) is 0. The van der Waals surface area contributed by atoms with Gasteiger partial charge in [0.25, 0.3) is 0 Å². The van der Waals surface area contributed by atoms with Gasteiger partial charge in [-0.1, -0.05) is 24.3 Å². The number of rotatable bonds is 8. The van der Waals surface area contributed by atoms with Crippen LogP contribution < -0.4 is 26.7 Å². The number of ether oxygens (including phenoxy) is 1. The SMILES string of the molecule is [Pt].[c-]1c(Oc2[c-]c3c(cc2)[Te]c2ccccc2N3c2nc3ccccc3n2-c2c(-c3ccccc3)cccc2-c2ccccc2)cccc1N1[CH-]N(c2ccccc2)c2ccccc21. The second kappa shape index (κ2) is 17.0. The maximum atomic E-state index is 6.74. The molecule has 12 rings (SSSR count). The molecule has 0 bridgehead atoms. The zero-order chi connectivity index (χ0) is 41.7. The van der Waals surface area contributed by atoms with Gasteiger partial charge in [-0.05, 0) is 12.1 Å². The maximum absolute atomic E-state index is 6.74. The molecule has 8 heteroatoms. The van der Waals surface area contributed by atoms with Gasteiger partial charge in [0.1, 0.15) is 0 Å². The zero-order valence-electron chi connectivity index (χ0n) is 34.2. The number of benzene rings is 9. The number of fused-ring (bicyclic) bond motifs is 4. The van der Waals surface area contributed by atoms with Crippen molar-refractivity contribution in [1.82, 2.24) is 9.55 Å². The number of hydrogen-bond acceptors (Lipinski definition) is 5. The van der Waals surface area contributed by atoms with E-state index >= 15 is 0 Å². The fourth-order valence-corrected chi connectivity index (χ4v) is 11.6. The van der Waals surface area contributed by atoms with Gasteiger partial charge in [0, 0.05) is 21.1 Å². The van der Waals surface area contributed by atoms with Crippen molar-refractivity contribution in [2.24, 2.45) is 0 Å². The monoisotopic (exact) mass is 1120 g/mol. The van der Waals surface area contributed by atoms with Crippen molar-refractivity contribution in [2.45, 2.75) is 0 Å². The number of anilines is 7. The number of para-hydroxylation sites is 7. The molecule has 9 aromatic carbocycles. The molecule has 0 fully saturated rings. The van der Waals surface area contributed by atoms with Crippen molar-refractivity contribution in [3.05, 3.63) is 231 Å². The van der Waals surface area contributed by atoms with E-state index in [1.165, 1.54) is 7.22 Å². The number of imidazole rings is 1. The van der Waals surface area contributed by atoms with Crippen molar-refractivity contribution in [3.63, 3.8) is 0 Å². The summed E-state index contributed by atoms with van der Waals surface area (Å²) in [5, 5.41) is 0. The van der Waals surface area contributed by atoms with Gasteiger partial charge in [0.15, 0.2) is 0 Å². The summed E-state index contributed by atoms with van der Waals surface area (Å²) in [6.07, 6.45) is 0. The third kappa shape index (κ3) is 7.07. The van der Waals surface area contributed by atoms with Crippen LogP contribution in [0.4, 0.5) is 40.1 Å². The minimum atomic E-state index is -0.777. The van der Waals surface area contributed by atoms with Crippen LogP contribution in [0.15, 0.2) is 212 Å². The molecule has 0 N–H and O–H groups in total.